The zero-order valence-corrected chi connectivity index (χ0v) is 18.2. The highest BCUT2D eigenvalue weighted by Gasteiger charge is 2.13. The number of anilines is 1. The van der Waals surface area contributed by atoms with E-state index in [1.165, 1.54) is 17.7 Å². The zero-order valence-electron chi connectivity index (χ0n) is 17.3. The Bertz CT molecular complexity index is 1020. The van der Waals surface area contributed by atoms with Gasteiger partial charge in [0.2, 0.25) is 15.9 Å². The van der Waals surface area contributed by atoms with Crippen LogP contribution in [0, 0.1) is 5.82 Å². The van der Waals surface area contributed by atoms with E-state index in [2.05, 4.69) is 30.8 Å². The van der Waals surface area contributed by atoms with Crippen LogP contribution in [0.15, 0.2) is 48.0 Å². The maximum atomic E-state index is 14.0. The van der Waals surface area contributed by atoms with Crippen LogP contribution in [0.25, 0.3) is 6.08 Å². The molecular weight excluding hydrogens is 391 g/mol. The van der Waals surface area contributed by atoms with E-state index in [1.54, 1.807) is 19.1 Å². The predicted octanol–water partition coefficient (Wildman–Crippen LogP) is 4.21. The van der Waals surface area contributed by atoms with E-state index in [4.69, 9.17) is 0 Å². The Labute approximate surface area is 172 Å². The minimum absolute atomic E-state index is 0.0658. The van der Waals surface area contributed by atoms with Gasteiger partial charge < -0.3 is 5.32 Å². The number of carbonyl (C=O) groups is 1. The third-order valence-corrected chi connectivity index (χ3v) is 4.89. The van der Waals surface area contributed by atoms with Gasteiger partial charge in [-0.2, -0.15) is 0 Å². The van der Waals surface area contributed by atoms with Crippen molar-refractivity contribution in [2.75, 3.05) is 11.0 Å². The Balaban J connectivity index is 2.01. The van der Waals surface area contributed by atoms with Gasteiger partial charge >= 0.3 is 0 Å². The number of amides is 1. The summed E-state index contributed by atoms with van der Waals surface area (Å²) in [5, 5.41) is 2.74. The van der Waals surface area contributed by atoms with E-state index in [-0.39, 0.29) is 23.6 Å². The van der Waals surface area contributed by atoms with Gasteiger partial charge in [-0.15, -0.1) is 0 Å². The van der Waals surface area contributed by atoms with Crippen molar-refractivity contribution >= 4 is 27.7 Å². The average molecular weight is 419 g/mol. The first-order valence-corrected chi connectivity index (χ1v) is 11.1. The Morgan fingerprint density at radius 2 is 1.72 bits per heavy atom. The van der Waals surface area contributed by atoms with Gasteiger partial charge in [-0.05, 0) is 47.2 Å². The third kappa shape index (κ3) is 7.02. The molecule has 0 saturated carbocycles. The van der Waals surface area contributed by atoms with Crippen LogP contribution in [0.4, 0.5) is 10.1 Å². The molecule has 0 unspecified atom stereocenters. The summed E-state index contributed by atoms with van der Waals surface area (Å²) >= 11 is 0. The third-order valence-electron chi connectivity index (χ3n) is 4.30. The van der Waals surface area contributed by atoms with Crippen LogP contribution < -0.4 is 10.0 Å². The van der Waals surface area contributed by atoms with E-state index >= 15 is 0 Å². The van der Waals surface area contributed by atoms with Gasteiger partial charge in [-0.25, -0.2) is 12.8 Å². The minimum Gasteiger partial charge on any atom is -0.348 e. The fraction of sp³-hybridized carbons (Fsp3) is 0.318. The summed E-state index contributed by atoms with van der Waals surface area (Å²) in [6.07, 6.45) is 2.74. The number of benzene rings is 2. The number of halogens is 1. The highest BCUT2D eigenvalue weighted by atomic mass is 32.2. The Hall–Kier alpha value is -2.67. The second kappa shape index (κ2) is 8.78. The lowest BCUT2D eigenvalue weighted by atomic mass is 9.86. The summed E-state index contributed by atoms with van der Waals surface area (Å²) in [6.45, 7) is 8.27. The molecule has 156 valence electrons. The molecule has 0 fully saturated rings. The van der Waals surface area contributed by atoms with Crippen molar-refractivity contribution in [2.24, 2.45) is 0 Å². The lowest BCUT2D eigenvalue weighted by Crippen LogP contribution is -2.23. The molecule has 0 aromatic heterocycles. The van der Waals surface area contributed by atoms with Gasteiger partial charge in [-0.1, -0.05) is 51.1 Å². The number of hydrogen-bond acceptors (Lipinski definition) is 3. The van der Waals surface area contributed by atoms with Crippen LogP contribution in [0.3, 0.4) is 0 Å². The molecular formula is C22H27FN2O3S. The molecule has 0 aliphatic carbocycles. The molecule has 5 nitrogen and oxygen atoms in total. The van der Waals surface area contributed by atoms with E-state index in [9.17, 15) is 17.6 Å². The summed E-state index contributed by atoms with van der Waals surface area (Å²) in [4.78, 5) is 12.3. The van der Waals surface area contributed by atoms with E-state index in [1.807, 2.05) is 24.3 Å². The summed E-state index contributed by atoms with van der Waals surface area (Å²) in [5.41, 5.74) is 3.13. The highest BCUT2D eigenvalue weighted by Crippen LogP contribution is 2.23. The van der Waals surface area contributed by atoms with Crippen molar-refractivity contribution < 1.29 is 17.6 Å². The van der Waals surface area contributed by atoms with Gasteiger partial charge in [0, 0.05) is 12.1 Å². The first-order chi connectivity index (χ1) is 13.3. The van der Waals surface area contributed by atoms with Gasteiger partial charge in [0.15, 0.2) is 0 Å². The second-order valence-corrected chi connectivity index (χ2v) is 9.82. The number of nitrogens with one attached hydrogen (secondary N) is 2. The second-order valence-electron chi connectivity index (χ2n) is 8.07. The van der Waals surface area contributed by atoms with Crippen LogP contribution >= 0.6 is 0 Å². The first-order valence-electron chi connectivity index (χ1n) is 9.18. The van der Waals surface area contributed by atoms with E-state index in [0.717, 1.165) is 11.8 Å². The fourth-order valence-electron chi connectivity index (χ4n) is 2.67. The van der Waals surface area contributed by atoms with Crippen LogP contribution in [0.2, 0.25) is 0 Å². The molecule has 0 bridgehead atoms. The number of sulfonamides is 1. The maximum absolute atomic E-state index is 14.0. The molecule has 0 aliphatic heterocycles. The Morgan fingerprint density at radius 3 is 2.24 bits per heavy atom. The summed E-state index contributed by atoms with van der Waals surface area (Å²) in [5.74, 6) is -0.961. The monoisotopic (exact) mass is 418 g/mol. The smallest absolute Gasteiger partial charge is 0.247 e. The van der Waals surface area contributed by atoms with Gasteiger partial charge in [0.1, 0.15) is 5.82 Å². The molecule has 2 N–H and O–H groups in total. The molecule has 0 spiro atoms. The number of carbonyl (C=O) groups excluding carboxylic acids is 1. The highest BCUT2D eigenvalue weighted by molar-refractivity contribution is 7.92. The summed E-state index contributed by atoms with van der Waals surface area (Å²) in [6, 6.07) is 12.1. The van der Waals surface area contributed by atoms with Crippen molar-refractivity contribution in [3.63, 3.8) is 0 Å². The molecule has 29 heavy (non-hydrogen) atoms. The number of hydrogen-bond donors (Lipinski definition) is 2. The molecule has 2 aromatic rings. The Kier molecular flexibility index (Phi) is 6.85. The van der Waals surface area contributed by atoms with Crippen LogP contribution in [-0.4, -0.2) is 20.6 Å². The number of rotatable bonds is 6. The first kappa shape index (κ1) is 22.6. The van der Waals surface area contributed by atoms with Crippen molar-refractivity contribution in [1.29, 1.82) is 0 Å². The predicted molar refractivity (Wildman–Crippen MR) is 116 cm³/mol. The van der Waals surface area contributed by atoms with E-state index in [0.29, 0.717) is 11.1 Å². The summed E-state index contributed by atoms with van der Waals surface area (Å²) < 4.78 is 38.5. The normalized spacial score (nSPS) is 12.6. The molecule has 1 amide bonds. The van der Waals surface area contributed by atoms with Crippen molar-refractivity contribution in [3.8, 4) is 0 Å². The quantitative estimate of drug-likeness (QED) is 0.690. The largest absolute Gasteiger partial charge is 0.348 e. The lowest BCUT2D eigenvalue weighted by molar-refractivity contribution is -0.117. The van der Waals surface area contributed by atoms with Gasteiger partial charge in [0.25, 0.3) is 0 Å². The van der Waals surface area contributed by atoms with Crippen molar-refractivity contribution in [1.82, 2.24) is 5.32 Å². The van der Waals surface area contributed by atoms with E-state index < -0.39 is 15.8 Å². The van der Waals surface area contributed by atoms with Crippen molar-refractivity contribution in [2.45, 2.75) is 39.7 Å². The molecule has 2 rings (SSSR count). The topological polar surface area (TPSA) is 75.3 Å². The zero-order chi connectivity index (χ0) is 21.8. The standard InChI is InChI=1S/C22H27FN2O3S/c1-15(12-16-6-9-18(10-7-16)22(2,3)4)21(26)24-14-17-8-11-20(19(23)13-17)25-29(5,27)28/h6-13,25H,14H2,1-5H3,(H,24,26)/b15-12+. The Morgan fingerprint density at radius 1 is 1.10 bits per heavy atom. The van der Waals surface area contributed by atoms with Crippen molar-refractivity contribution in [3.05, 3.63) is 70.5 Å². The fourth-order valence-corrected chi connectivity index (χ4v) is 3.23. The maximum Gasteiger partial charge on any atom is 0.247 e. The molecule has 0 saturated heterocycles. The lowest BCUT2D eigenvalue weighted by Gasteiger charge is -2.18. The van der Waals surface area contributed by atoms with Crippen LogP contribution in [0.1, 0.15) is 44.4 Å². The minimum atomic E-state index is -3.56. The van der Waals surface area contributed by atoms with Crippen LogP contribution in [-0.2, 0) is 26.8 Å². The van der Waals surface area contributed by atoms with Gasteiger partial charge in [0.05, 0.1) is 11.9 Å². The molecule has 0 atom stereocenters. The van der Waals surface area contributed by atoms with Gasteiger partial charge in [-0.3, -0.25) is 9.52 Å². The molecule has 2 aromatic carbocycles. The average Bonchev–Trinajstić information content (AvgIpc) is 2.60. The molecule has 7 heteroatoms. The van der Waals surface area contributed by atoms with Crippen LogP contribution in [0.5, 0.6) is 0 Å². The summed E-state index contributed by atoms with van der Waals surface area (Å²) in [7, 11) is -3.56. The molecule has 0 aliphatic rings. The SMILES string of the molecule is C/C(=C\c1ccc(C(C)(C)C)cc1)C(=O)NCc1ccc(NS(C)(=O)=O)c(F)c1. The molecule has 0 heterocycles. The molecule has 0 radical (unpaired) electrons.